The first-order chi connectivity index (χ1) is 10.0. The molecular formula is C17H25IO3. The first-order valence-electron chi connectivity index (χ1n) is 7.47. The van der Waals surface area contributed by atoms with E-state index in [9.17, 15) is 4.79 Å². The average molecular weight is 404 g/mol. The van der Waals surface area contributed by atoms with Gasteiger partial charge in [-0.05, 0) is 46.6 Å². The van der Waals surface area contributed by atoms with E-state index >= 15 is 0 Å². The largest absolute Gasteiger partial charge is 0.459 e. The summed E-state index contributed by atoms with van der Waals surface area (Å²) in [5, 5.41) is 0. The SMILES string of the molecule is CCCCC(=O)O[C@@H](C(C)C)[C@@H](OC)c1ccccc1I. The summed E-state index contributed by atoms with van der Waals surface area (Å²) < 4.78 is 12.5. The Morgan fingerprint density at radius 2 is 1.95 bits per heavy atom. The number of ether oxygens (including phenoxy) is 2. The Bertz CT molecular complexity index is 445. The lowest BCUT2D eigenvalue weighted by atomic mass is 9.95. The number of hydrogen-bond donors (Lipinski definition) is 0. The number of carbonyl (C=O) groups is 1. The molecule has 0 aliphatic rings. The molecule has 118 valence electrons. The van der Waals surface area contributed by atoms with E-state index in [2.05, 4.69) is 43.4 Å². The van der Waals surface area contributed by atoms with Gasteiger partial charge in [0, 0.05) is 17.1 Å². The van der Waals surface area contributed by atoms with Crippen LogP contribution in [0.5, 0.6) is 0 Å². The third-order valence-corrected chi connectivity index (χ3v) is 4.41. The summed E-state index contributed by atoms with van der Waals surface area (Å²) in [4.78, 5) is 12.0. The van der Waals surface area contributed by atoms with Crippen LogP contribution in [0, 0.1) is 9.49 Å². The first-order valence-corrected chi connectivity index (χ1v) is 8.55. The molecule has 0 aromatic heterocycles. The van der Waals surface area contributed by atoms with Crippen molar-refractivity contribution < 1.29 is 14.3 Å². The Morgan fingerprint density at radius 1 is 1.29 bits per heavy atom. The van der Waals surface area contributed by atoms with Gasteiger partial charge in [-0.1, -0.05) is 45.4 Å². The molecule has 0 fully saturated rings. The molecule has 0 N–H and O–H groups in total. The van der Waals surface area contributed by atoms with E-state index in [1.807, 2.05) is 24.3 Å². The molecule has 1 rings (SSSR count). The van der Waals surface area contributed by atoms with Crippen molar-refractivity contribution in [3.8, 4) is 0 Å². The molecule has 1 aromatic rings. The zero-order chi connectivity index (χ0) is 15.8. The van der Waals surface area contributed by atoms with E-state index in [-0.39, 0.29) is 24.1 Å². The molecular weight excluding hydrogens is 379 g/mol. The molecule has 0 aliphatic heterocycles. The van der Waals surface area contributed by atoms with Crippen LogP contribution in [0.3, 0.4) is 0 Å². The van der Waals surface area contributed by atoms with Gasteiger partial charge in [-0.2, -0.15) is 0 Å². The standard InChI is InChI=1S/C17H25IO3/c1-5-6-11-15(19)21-16(12(2)3)17(20-4)13-9-7-8-10-14(13)18/h7-10,12,16-17H,5-6,11H2,1-4H3/t16-,17-/m0/s1. The molecule has 0 saturated heterocycles. The maximum Gasteiger partial charge on any atom is 0.306 e. The zero-order valence-electron chi connectivity index (χ0n) is 13.3. The number of carbonyl (C=O) groups excluding carboxylic acids is 1. The predicted molar refractivity (Wildman–Crippen MR) is 93.2 cm³/mol. The van der Waals surface area contributed by atoms with Crippen LogP contribution in [0.4, 0.5) is 0 Å². The van der Waals surface area contributed by atoms with Crippen molar-refractivity contribution in [2.24, 2.45) is 5.92 Å². The summed E-state index contributed by atoms with van der Waals surface area (Å²) in [6.07, 6.45) is 1.83. The summed E-state index contributed by atoms with van der Waals surface area (Å²) in [5.74, 6) is 0.0556. The smallest absolute Gasteiger partial charge is 0.306 e. The van der Waals surface area contributed by atoms with Crippen molar-refractivity contribution in [3.05, 3.63) is 33.4 Å². The van der Waals surface area contributed by atoms with Gasteiger partial charge in [0.25, 0.3) is 0 Å². The quantitative estimate of drug-likeness (QED) is 0.464. The maximum atomic E-state index is 12.0. The number of halogens is 1. The third kappa shape index (κ3) is 5.58. The van der Waals surface area contributed by atoms with Crippen molar-refractivity contribution in [1.82, 2.24) is 0 Å². The van der Waals surface area contributed by atoms with E-state index in [1.54, 1.807) is 7.11 Å². The average Bonchev–Trinajstić information content (AvgIpc) is 2.46. The topological polar surface area (TPSA) is 35.5 Å². The van der Waals surface area contributed by atoms with E-state index in [1.165, 1.54) is 0 Å². The maximum absolute atomic E-state index is 12.0. The number of hydrogen-bond acceptors (Lipinski definition) is 3. The zero-order valence-corrected chi connectivity index (χ0v) is 15.4. The van der Waals surface area contributed by atoms with Crippen molar-refractivity contribution in [1.29, 1.82) is 0 Å². The van der Waals surface area contributed by atoms with Crippen molar-refractivity contribution in [3.63, 3.8) is 0 Å². The number of rotatable bonds is 8. The molecule has 21 heavy (non-hydrogen) atoms. The highest BCUT2D eigenvalue weighted by atomic mass is 127. The lowest BCUT2D eigenvalue weighted by Gasteiger charge is -2.30. The van der Waals surface area contributed by atoms with Crippen LogP contribution in [0.1, 0.15) is 51.7 Å². The van der Waals surface area contributed by atoms with Gasteiger partial charge in [0.05, 0.1) is 0 Å². The molecule has 0 amide bonds. The fourth-order valence-electron chi connectivity index (χ4n) is 2.22. The Hall–Kier alpha value is -0.620. The van der Waals surface area contributed by atoms with E-state index in [4.69, 9.17) is 9.47 Å². The molecule has 0 aliphatic carbocycles. The summed E-state index contributed by atoms with van der Waals surface area (Å²) in [6.45, 7) is 6.18. The van der Waals surface area contributed by atoms with Gasteiger partial charge in [-0.3, -0.25) is 4.79 Å². The monoisotopic (exact) mass is 404 g/mol. The molecule has 3 nitrogen and oxygen atoms in total. The number of esters is 1. The number of unbranched alkanes of at least 4 members (excludes halogenated alkanes) is 1. The highest BCUT2D eigenvalue weighted by molar-refractivity contribution is 14.1. The van der Waals surface area contributed by atoms with Gasteiger partial charge in [-0.25, -0.2) is 0 Å². The van der Waals surface area contributed by atoms with Gasteiger partial charge < -0.3 is 9.47 Å². The van der Waals surface area contributed by atoms with Crippen LogP contribution in [0.25, 0.3) is 0 Å². The minimum Gasteiger partial charge on any atom is -0.459 e. The lowest BCUT2D eigenvalue weighted by Crippen LogP contribution is -2.32. The van der Waals surface area contributed by atoms with Gasteiger partial charge in [0.1, 0.15) is 12.2 Å². The minimum atomic E-state index is -0.268. The Kier molecular flexibility index (Phi) is 8.26. The summed E-state index contributed by atoms with van der Waals surface area (Å²) in [6, 6.07) is 8.05. The fourth-order valence-corrected chi connectivity index (χ4v) is 2.92. The van der Waals surface area contributed by atoms with Crippen molar-refractivity contribution in [2.45, 2.75) is 52.2 Å². The van der Waals surface area contributed by atoms with Crippen LogP contribution < -0.4 is 0 Å². The molecule has 0 spiro atoms. The molecule has 0 saturated carbocycles. The fraction of sp³-hybridized carbons (Fsp3) is 0.588. The molecule has 2 atom stereocenters. The Balaban J connectivity index is 2.91. The Morgan fingerprint density at radius 3 is 2.48 bits per heavy atom. The number of methoxy groups -OCH3 is 1. The number of benzene rings is 1. The van der Waals surface area contributed by atoms with Crippen molar-refractivity contribution >= 4 is 28.6 Å². The van der Waals surface area contributed by atoms with E-state index in [0.29, 0.717) is 6.42 Å². The van der Waals surface area contributed by atoms with Crippen LogP contribution >= 0.6 is 22.6 Å². The second-order valence-corrected chi connectivity index (χ2v) is 6.64. The predicted octanol–water partition coefficient (Wildman–Crippen LogP) is 4.74. The summed E-state index contributed by atoms with van der Waals surface area (Å²) in [7, 11) is 1.67. The lowest BCUT2D eigenvalue weighted by molar-refractivity contribution is -0.161. The van der Waals surface area contributed by atoms with Gasteiger partial charge in [0.2, 0.25) is 0 Å². The van der Waals surface area contributed by atoms with Gasteiger partial charge in [-0.15, -0.1) is 0 Å². The highest BCUT2D eigenvalue weighted by Crippen LogP contribution is 2.31. The third-order valence-electron chi connectivity index (χ3n) is 3.42. The van der Waals surface area contributed by atoms with Crippen LogP contribution in [-0.4, -0.2) is 19.2 Å². The van der Waals surface area contributed by atoms with Crippen LogP contribution in [0.15, 0.2) is 24.3 Å². The van der Waals surface area contributed by atoms with Crippen LogP contribution in [0.2, 0.25) is 0 Å². The van der Waals surface area contributed by atoms with E-state index < -0.39 is 0 Å². The van der Waals surface area contributed by atoms with Crippen molar-refractivity contribution in [2.75, 3.05) is 7.11 Å². The Labute approximate surface area is 141 Å². The molecule has 0 unspecified atom stereocenters. The highest BCUT2D eigenvalue weighted by Gasteiger charge is 2.30. The van der Waals surface area contributed by atoms with Crippen LogP contribution in [-0.2, 0) is 14.3 Å². The second-order valence-electron chi connectivity index (χ2n) is 5.48. The summed E-state index contributed by atoms with van der Waals surface area (Å²) in [5.41, 5.74) is 1.07. The molecule has 4 heteroatoms. The summed E-state index contributed by atoms with van der Waals surface area (Å²) >= 11 is 2.29. The molecule has 1 aromatic carbocycles. The van der Waals surface area contributed by atoms with Gasteiger partial charge >= 0.3 is 5.97 Å². The van der Waals surface area contributed by atoms with E-state index in [0.717, 1.165) is 22.0 Å². The molecule has 0 radical (unpaired) electrons. The molecule has 0 heterocycles. The molecule has 0 bridgehead atoms. The minimum absolute atomic E-state index is 0.136. The first kappa shape index (κ1) is 18.4. The van der Waals surface area contributed by atoms with Gasteiger partial charge in [0.15, 0.2) is 0 Å². The normalized spacial score (nSPS) is 14.0. The second kappa shape index (κ2) is 9.41.